The van der Waals surface area contributed by atoms with Crippen LogP contribution in [0.3, 0.4) is 0 Å². The molecule has 1 aliphatic heterocycles. The van der Waals surface area contributed by atoms with Crippen LogP contribution < -0.4 is 0 Å². The van der Waals surface area contributed by atoms with Gasteiger partial charge in [0, 0.05) is 12.4 Å². The molecule has 1 saturated heterocycles. The van der Waals surface area contributed by atoms with Gasteiger partial charge in [0.2, 0.25) is 0 Å². The average Bonchev–Trinajstić information content (AvgIpc) is 2.67. The molecule has 0 aliphatic carbocycles. The summed E-state index contributed by atoms with van der Waals surface area (Å²) < 4.78 is 0.274. The van der Waals surface area contributed by atoms with Gasteiger partial charge in [0.15, 0.2) is 0 Å². The number of aromatic nitrogens is 1. The van der Waals surface area contributed by atoms with E-state index in [2.05, 4.69) is 4.98 Å². The van der Waals surface area contributed by atoms with Gasteiger partial charge >= 0.3 is 5.97 Å². The van der Waals surface area contributed by atoms with E-state index < -0.39 is 12.0 Å². The molecule has 1 aliphatic rings. The van der Waals surface area contributed by atoms with E-state index in [0.29, 0.717) is 4.91 Å². The molecule has 110 valence electrons. The molecule has 0 bridgehead atoms. The second-order valence-electron chi connectivity index (χ2n) is 4.87. The lowest BCUT2D eigenvalue weighted by atomic mass is 10.0. The van der Waals surface area contributed by atoms with Gasteiger partial charge in [0.05, 0.1) is 4.91 Å². The number of amides is 1. The summed E-state index contributed by atoms with van der Waals surface area (Å²) in [7, 11) is 0. The zero-order valence-electron chi connectivity index (χ0n) is 11.5. The third-order valence-electron chi connectivity index (χ3n) is 2.97. The third kappa shape index (κ3) is 3.30. The first-order valence-electron chi connectivity index (χ1n) is 6.31. The van der Waals surface area contributed by atoms with Crippen LogP contribution in [-0.2, 0) is 9.59 Å². The average molecular weight is 322 g/mol. The Morgan fingerprint density at radius 3 is 2.76 bits per heavy atom. The van der Waals surface area contributed by atoms with Crippen molar-refractivity contribution in [3.05, 3.63) is 35.0 Å². The minimum atomic E-state index is -1.05. The first-order chi connectivity index (χ1) is 9.91. The molecule has 0 radical (unpaired) electrons. The second-order valence-corrected chi connectivity index (χ2v) is 6.54. The summed E-state index contributed by atoms with van der Waals surface area (Å²) in [6, 6.07) is 2.63. The van der Waals surface area contributed by atoms with Gasteiger partial charge in [0.1, 0.15) is 10.4 Å². The lowest BCUT2D eigenvalue weighted by Gasteiger charge is -2.26. The number of nitrogens with zero attached hydrogens (tertiary/aromatic N) is 2. The van der Waals surface area contributed by atoms with Crippen LogP contribution in [0.4, 0.5) is 0 Å². The van der Waals surface area contributed by atoms with Gasteiger partial charge in [-0.3, -0.25) is 14.7 Å². The number of pyridine rings is 1. The fourth-order valence-electron chi connectivity index (χ4n) is 2.03. The van der Waals surface area contributed by atoms with Gasteiger partial charge in [-0.05, 0) is 23.6 Å². The summed E-state index contributed by atoms with van der Waals surface area (Å²) in [6.45, 7) is 3.50. The quantitative estimate of drug-likeness (QED) is 0.678. The van der Waals surface area contributed by atoms with E-state index in [0.717, 1.165) is 17.3 Å². The summed E-state index contributed by atoms with van der Waals surface area (Å²) >= 11 is 6.29. The minimum Gasteiger partial charge on any atom is -0.480 e. The van der Waals surface area contributed by atoms with Gasteiger partial charge in [-0.15, -0.1) is 0 Å². The maximum Gasteiger partial charge on any atom is 0.327 e. The molecule has 21 heavy (non-hydrogen) atoms. The number of thioether (sulfide) groups is 1. The van der Waals surface area contributed by atoms with Crippen LogP contribution >= 0.6 is 24.0 Å². The van der Waals surface area contributed by atoms with Gasteiger partial charge in [-0.25, -0.2) is 4.79 Å². The monoisotopic (exact) mass is 322 g/mol. The zero-order chi connectivity index (χ0) is 15.6. The van der Waals surface area contributed by atoms with Crippen molar-refractivity contribution >= 4 is 46.3 Å². The Bertz CT molecular complexity index is 614. The lowest BCUT2D eigenvalue weighted by molar-refractivity contribution is -0.146. The summed E-state index contributed by atoms with van der Waals surface area (Å²) in [5.41, 5.74) is 0.773. The standard InChI is InChI=1S/C14H14N2O3S2/c1-8(2)11(13(18)19)16-12(17)10(21-14(16)20)6-9-4-3-5-15-7-9/h3-8,11H,1-2H3,(H,18,19)/b10-6+/t11-/m1/s1. The van der Waals surface area contributed by atoms with Crippen LogP contribution in [0.1, 0.15) is 19.4 Å². The highest BCUT2D eigenvalue weighted by atomic mass is 32.2. The number of rotatable bonds is 4. The smallest absolute Gasteiger partial charge is 0.327 e. The number of thiocarbonyl (C=S) groups is 1. The van der Waals surface area contributed by atoms with E-state index in [4.69, 9.17) is 12.2 Å². The van der Waals surface area contributed by atoms with Crippen molar-refractivity contribution in [1.29, 1.82) is 0 Å². The first-order valence-corrected chi connectivity index (χ1v) is 7.54. The fraction of sp³-hybridized carbons (Fsp3) is 0.286. The zero-order valence-corrected chi connectivity index (χ0v) is 13.1. The highest BCUT2D eigenvalue weighted by Crippen LogP contribution is 2.35. The molecule has 1 atom stereocenters. The second kappa shape index (κ2) is 6.36. The Hall–Kier alpha value is -1.73. The fourth-order valence-corrected chi connectivity index (χ4v) is 3.36. The molecule has 0 unspecified atom stereocenters. The summed E-state index contributed by atoms with van der Waals surface area (Å²) in [5, 5.41) is 9.32. The van der Waals surface area contributed by atoms with Crippen molar-refractivity contribution in [2.24, 2.45) is 5.92 Å². The molecule has 5 nitrogen and oxygen atoms in total. The van der Waals surface area contributed by atoms with E-state index in [1.54, 1.807) is 38.4 Å². The Morgan fingerprint density at radius 2 is 2.24 bits per heavy atom. The van der Waals surface area contributed by atoms with Crippen molar-refractivity contribution in [1.82, 2.24) is 9.88 Å². The molecular weight excluding hydrogens is 308 g/mol. The number of carbonyl (C=O) groups excluding carboxylic acids is 1. The summed E-state index contributed by atoms with van der Waals surface area (Å²) in [4.78, 5) is 29.4. The molecule has 0 spiro atoms. The van der Waals surface area contributed by atoms with Gasteiger partial charge < -0.3 is 5.11 Å². The third-order valence-corrected chi connectivity index (χ3v) is 4.30. The van der Waals surface area contributed by atoms with Gasteiger partial charge in [-0.2, -0.15) is 0 Å². The largest absolute Gasteiger partial charge is 0.480 e. The summed E-state index contributed by atoms with van der Waals surface area (Å²) in [6.07, 6.45) is 4.94. The van der Waals surface area contributed by atoms with Crippen LogP contribution in [-0.4, -0.2) is 37.2 Å². The molecule has 1 fully saturated rings. The highest BCUT2D eigenvalue weighted by molar-refractivity contribution is 8.26. The van der Waals surface area contributed by atoms with Crippen molar-refractivity contribution < 1.29 is 14.7 Å². The van der Waals surface area contributed by atoms with E-state index in [1.807, 2.05) is 6.07 Å². The number of carbonyl (C=O) groups is 2. The maximum absolute atomic E-state index is 12.4. The minimum absolute atomic E-state index is 0.234. The SMILES string of the molecule is CC(C)[C@H](C(=O)O)N1C(=O)/C(=C\c2cccnc2)SC1=S. The van der Waals surface area contributed by atoms with Crippen LogP contribution in [0, 0.1) is 5.92 Å². The maximum atomic E-state index is 12.4. The van der Waals surface area contributed by atoms with Crippen LogP contribution in [0.5, 0.6) is 0 Å². The van der Waals surface area contributed by atoms with Crippen molar-refractivity contribution in [2.75, 3.05) is 0 Å². The van der Waals surface area contributed by atoms with Crippen molar-refractivity contribution in [3.8, 4) is 0 Å². The molecule has 7 heteroatoms. The molecule has 2 rings (SSSR count). The number of hydrogen-bond donors (Lipinski definition) is 1. The van der Waals surface area contributed by atoms with E-state index in [9.17, 15) is 14.7 Å². The molecule has 2 heterocycles. The van der Waals surface area contributed by atoms with E-state index in [1.165, 1.54) is 4.90 Å². The molecule has 1 amide bonds. The molecule has 0 aromatic carbocycles. The molecular formula is C14H14N2O3S2. The van der Waals surface area contributed by atoms with Gasteiger partial charge in [-0.1, -0.05) is 43.9 Å². The Kier molecular flexibility index (Phi) is 4.74. The number of carboxylic acid groups (broad SMARTS) is 1. The number of aliphatic carboxylic acids is 1. The van der Waals surface area contributed by atoms with Crippen LogP contribution in [0.25, 0.3) is 6.08 Å². The van der Waals surface area contributed by atoms with E-state index >= 15 is 0 Å². The van der Waals surface area contributed by atoms with Crippen molar-refractivity contribution in [2.45, 2.75) is 19.9 Å². The predicted octanol–water partition coefficient (Wildman–Crippen LogP) is 2.39. The molecule has 1 N–H and O–H groups in total. The van der Waals surface area contributed by atoms with Crippen molar-refractivity contribution in [3.63, 3.8) is 0 Å². The highest BCUT2D eigenvalue weighted by Gasteiger charge is 2.41. The normalized spacial score (nSPS) is 18.6. The lowest BCUT2D eigenvalue weighted by Crippen LogP contribution is -2.47. The van der Waals surface area contributed by atoms with Crippen LogP contribution in [0.2, 0.25) is 0 Å². The number of carboxylic acids is 1. The molecule has 0 saturated carbocycles. The molecule has 1 aromatic rings. The topological polar surface area (TPSA) is 70.5 Å². The number of hydrogen-bond acceptors (Lipinski definition) is 5. The van der Waals surface area contributed by atoms with E-state index in [-0.39, 0.29) is 16.1 Å². The Labute approximate surface area is 132 Å². The van der Waals surface area contributed by atoms with Gasteiger partial charge in [0.25, 0.3) is 5.91 Å². The Balaban J connectivity index is 2.32. The summed E-state index contributed by atoms with van der Waals surface area (Å²) in [5.74, 6) is -1.65. The van der Waals surface area contributed by atoms with Crippen LogP contribution in [0.15, 0.2) is 29.4 Å². The first kappa shape index (κ1) is 15.7. The Morgan fingerprint density at radius 1 is 1.52 bits per heavy atom. The predicted molar refractivity (Wildman–Crippen MR) is 85.5 cm³/mol. The molecule has 1 aromatic heterocycles.